The minimum Gasteiger partial charge on any atom is -0.0691 e. The van der Waals surface area contributed by atoms with Crippen molar-refractivity contribution in [1.82, 2.24) is 0 Å². The molecule has 0 saturated heterocycles. The molecule has 0 saturated carbocycles. The SMILES string of the molecule is CCC(C)B(Cc1ccc(C)cc1)C(C)CC. The van der Waals surface area contributed by atoms with Gasteiger partial charge in [-0.2, -0.15) is 0 Å². The minimum atomic E-state index is 0.825. The third-order valence-electron chi connectivity index (χ3n) is 4.34. The molecule has 0 fully saturated rings. The van der Waals surface area contributed by atoms with Crippen LogP contribution >= 0.6 is 0 Å². The van der Waals surface area contributed by atoms with Crippen molar-refractivity contribution >= 4 is 6.71 Å². The zero-order valence-corrected chi connectivity index (χ0v) is 12.2. The van der Waals surface area contributed by atoms with Crippen LogP contribution in [0.15, 0.2) is 24.3 Å². The lowest BCUT2D eigenvalue weighted by Crippen LogP contribution is -2.27. The maximum atomic E-state index is 2.41. The minimum absolute atomic E-state index is 0.825. The van der Waals surface area contributed by atoms with Gasteiger partial charge in [-0.25, -0.2) is 0 Å². The number of hydrogen-bond acceptors (Lipinski definition) is 0. The van der Waals surface area contributed by atoms with Crippen LogP contribution in [-0.4, -0.2) is 6.71 Å². The predicted octanol–water partition coefficient (Wildman–Crippen LogP) is 5.17. The van der Waals surface area contributed by atoms with Crippen molar-refractivity contribution < 1.29 is 0 Å². The van der Waals surface area contributed by atoms with Gasteiger partial charge in [0.15, 0.2) is 0 Å². The standard InChI is InChI=1S/C16H27B/c1-6-14(4)17(15(5)7-2)12-16-10-8-13(3)9-11-16/h8-11,14-15H,6-7,12H2,1-5H3. The largest absolute Gasteiger partial charge is 0.150 e. The van der Waals surface area contributed by atoms with Crippen molar-refractivity contribution in [3.05, 3.63) is 35.4 Å². The van der Waals surface area contributed by atoms with Crippen LogP contribution in [0.25, 0.3) is 0 Å². The molecule has 0 spiro atoms. The van der Waals surface area contributed by atoms with E-state index in [1.165, 1.54) is 30.3 Å². The summed E-state index contributed by atoms with van der Waals surface area (Å²) in [7, 11) is 0. The molecule has 1 heteroatoms. The summed E-state index contributed by atoms with van der Waals surface area (Å²) in [4.78, 5) is 0. The molecule has 1 aromatic rings. The molecule has 0 aromatic heterocycles. The average molecular weight is 230 g/mol. The van der Waals surface area contributed by atoms with Crippen LogP contribution in [0, 0.1) is 6.92 Å². The molecule has 1 rings (SSSR count). The van der Waals surface area contributed by atoms with Gasteiger partial charge in [-0.1, -0.05) is 87.6 Å². The van der Waals surface area contributed by atoms with Gasteiger partial charge in [-0.05, 0) is 13.2 Å². The summed E-state index contributed by atoms with van der Waals surface area (Å²) in [6.07, 6.45) is 3.83. The van der Waals surface area contributed by atoms with Crippen molar-refractivity contribution in [2.45, 2.75) is 65.4 Å². The summed E-state index contributed by atoms with van der Waals surface area (Å²) in [5.74, 6) is 1.65. The van der Waals surface area contributed by atoms with Crippen molar-refractivity contribution in [3.8, 4) is 0 Å². The van der Waals surface area contributed by atoms with Crippen LogP contribution in [0.1, 0.15) is 51.7 Å². The molecule has 0 nitrogen and oxygen atoms in total. The summed E-state index contributed by atoms with van der Waals surface area (Å²) in [6.45, 7) is 12.4. The fourth-order valence-electron chi connectivity index (χ4n) is 2.57. The molecule has 0 N–H and O–H groups in total. The van der Waals surface area contributed by atoms with Gasteiger partial charge in [0.2, 0.25) is 0 Å². The van der Waals surface area contributed by atoms with Gasteiger partial charge in [-0.15, -0.1) is 0 Å². The van der Waals surface area contributed by atoms with E-state index in [1.807, 2.05) is 0 Å². The van der Waals surface area contributed by atoms with E-state index < -0.39 is 0 Å². The molecule has 0 aliphatic heterocycles. The molecule has 0 aliphatic carbocycles. The Hall–Kier alpha value is -0.715. The number of aryl methyl sites for hydroxylation is 1. The molecule has 0 bridgehead atoms. The van der Waals surface area contributed by atoms with Crippen molar-refractivity contribution in [3.63, 3.8) is 0 Å². The molecule has 1 aromatic carbocycles. The zero-order valence-electron chi connectivity index (χ0n) is 12.2. The first-order chi connectivity index (χ1) is 8.08. The van der Waals surface area contributed by atoms with Crippen LogP contribution in [0.4, 0.5) is 0 Å². The normalized spacial score (nSPS) is 14.4. The Balaban J connectivity index is 2.75. The molecule has 2 atom stereocenters. The highest BCUT2D eigenvalue weighted by atomic mass is 14.0. The summed E-state index contributed by atoms with van der Waals surface area (Å²) in [6, 6.07) is 9.07. The molecule has 0 heterocycles. The third kappa shape index (κ3) is 4.22. The molecule has 0 amide bonds. The van der Waals surface area contributed by atoms with Gasteiger partial charge in [-0.3, -0.25) is 0 Å². The molecule has 0 radical (unpaired) electrons. The van der Waals surface area contributed by atoms with Crippen molar-refractivity contribution in [2.75, 3.05) is 0 Å². The Bertz CT molecular complexity index is 305. The highest BCUT2D eigenvalue weighted by molar-refractivity contribution is 6.61. The lowest BCUT2D eigenvalue weighted by molar-refractivity contribution is 0.772. The van der Waals surface area contributed by atoms with Gasteiger partial charge < -0.3 is 0 Å². The third-order valence-corrected chi connectivity index (χ3v) is 4.34. The van der Waals surface area contributed by atoms with Crippen molar-refractivity contribution in [2.24, 2.45) is 0 Å². The fraction of sp³-hybridized carbons (Fsp3) is 0.625. The quantitative estimate of drug-likeness (QED) is 0.591. The number of benzene rings is 1. The summed E-state index contributed by atoms with van der Waals surface area (Å²) < 4.78 is 0. The lowest BCUT2D eigenvalue weighted by atomic mass is 9.31. The van der Waals surface area contributed by atoms with E-state index in [1.54, 1.807) is 0 Å². The van der Waals surface area contributed by atoms with Gasteiger partial charge in [0.25, 0.3) is 0 Å². The van der Waals surface area contributed by atoms with E-state index in [0.29, 0.717) is 0 Å². The lowest BCUT2D eigenvalue weighted by Gasteiger charge is -2.25. The Kier molecular flexibility index (Phi) is 5.81. The Morgan fingerprint density at radius 1 is 0.941 bits per heavy atom. The second-order valence-corrected chi connectivity index (χ2v) is 5.62. The van der Waals surface area contributed by atoms with Crippen molar-refractivity contribution in [1.29, 1.82) is 0 Å². The Morgan fingerprint density at radius 3 is 1.82 bits per heavy atom. The topological polar surface area (TPSA) is 0 Å². The zero-order chi connectivity index (χ0) is 12.8. The molecular formula is C16H27B. The molecular weight excluding hydrogens is 203 g/mol. The van der Waals surface area contributed by atoms with Crippen LogP contribution in [0.5, 0.6) is 0 Å². The molecule has 0 aliphatic rings. The van der Waals surface area contributed by atoms with Gasteiger partial charge in [0, 0.05) is 0 Å². The van der Waals surface area contributed by atoms with Gasteiger partial charge in [0.05, 0.1) is 0 Å². The Labute approximate surface area is 108 Å². The van der Waals surface area contributed by atoms with E-state index in [2.05, 4.69) is 58.9 Å². The van der Waals surface area contributed by atoms with E-state index >= 15 is 0 Å². The van der Waals surface area contributed by atoms with Crippen LogP contribution in [-0.2, 0) is 6.32 Å². The Morgan fingerprint density at radius 2 is 1.41 bits per heavy atom. The fourth-order valence-corrected chi connectivity index (χ4v) is 2.57. The number of rotatable bonds is 6. The van der Waals surface area contributed by atoms with Crippen LogP contribution in [0.2, 0.25) is 11.6 Å². The van der Waals surface area contributed by atoms with Crippen LogP contribution < -0.4 is 0 Å². The highest BCUT2D eigenvalue weighted by Gasteiger charge is 2.25. The second-order valence-electron chi connectivity index (χ2n) is 5.62. The second kappa shape index (κ2) is 6.88. The summed E-state index contributed by atoms with van der Waals surface area (Å²) >= 11 is 0. The van der Waals surface area contributed by atoms with E-state index in [-0.39, 0.29) is 0 Å². The molecule has 94 valence electrons. The first kappa shape index (κ1) is 14.3. The van der Waals surface area contributed by atoms with E-state index in [4.69, 9.17) is 0 Å². The summed E-state index contributed by atoms with van der Waals surface area (Å²) in [5, 5.41) is 0. The molecule has 2 unspecified atom stereocenters. The maximum absolute atomic E-state index is 2.41. The van der Waals surface area contributed by atoms with Gasteiger partial charge >= 0.3 is 0 Å². The van der Waals surface area contributed by atoms with Gasteiger partial charge in [0.1, 0.15) is 6.71 Å². The smallest absolute Gasteiger partial charge is 0.0691 e. The van der Waals surface area contributed by atoms with E-state index in [0.717, 1.165) is 18.3 Å². The monoisotopic (exact) mass is 230 g/mol. The average Bonchev–Trinajstić information content (AvgIpc) is 2.36. The molecule has 17 heavy (non-hydrogen) atoms. The summed E-state index contributed by atoms with van der Waals surface area (Å²) in [5.41, 5.74) is 2.86. The van der Waals surface area contributed by atoms with E-state index in [9.17, 15) is 0 Å². The first-order valence-corrected chi connectivity index (χ1v) is 7.14. The first-order valence-electron chi connectivity index (χ1n) is 7.14. The highest BCUT2D eigenvalue weighted by Crippen LogP contribution is 2.28. The van der Waals surface area contributed by atoms with Crippen LogP contribution in [0.3, 0.4) is 0 Å². The number of hydrogen-bond donors (Lipinski definition) is 0. The maximum Gasteiger partial charge on any atom is 0.150 e. The predicted molar refractivity (Wildman–Crippen MR) is 80.1 cm³/mol.